The molecular formula is C15H14O3S2. The van der Waals surface area contributed by atoms with Crippen molar-refractivity contribution >= 4 is 34.1 Å². The Morgan fingerprint density at radius 3 is 2.70 bits per heavy atom. The molecule has 0 aliphatic heterocycles. The van der Waals surface area contributed by atoms with Crippen molar-refractivity contribution < 1.29 is 13.9 Å². The molecule has 0 saturated carbocycles. The molecule has 0 N–H and O–H groups in total. The van der Waals surface area contributed by atoms with Gasteiger partial charge in [-0.05, 0) is 24.6 Å². The molecule has 0 bridgehead atoms. The summed E-state index contributed by atoms with van der Waals surface area (Å²) in [4.78, 5) is 11.9. The Kier molecular flexibility index (Phi) is 5.38. The van der Waals surface area contributed by atoms with Gasteiger partial charge < -0.3 is 9.15 Å². The quantitative estimate of drug-likeness (QED) is 0.620. The molecular weight excluding hydrogens is 292 g/mol. The summed E-state index contributed by atoms with van der Waals surface area (Å²) in [7, 11) is 0. The minimum atomic E-state index is -0.349. The van der Waals surface area contributed by atoms with E-state index in [0.29, 0.717) is 9.96 Å². The Morgan fingerprint density at radius 1 is 1.30 bits per heavy atom. The number of carbonyl (C=O) groups is 1. The second-order valence-corrected chi connectivity index (χ2v) is 6.12. The Hall–Kier alpha value is -1.59. The fourth-order valence-corrected chi connectivity index (χ4v) is 2.83. The second kappa shape index (κ2) is 7.26. The first kappa shape index (κ1) is 14.8. The van der Waals surface area contributed by atoms with Gasteiger partial charge in [0.25, 0.3) is 0 Å². The lowest BCUT2D eigenvalue weighted by Gasteiger charge is -2.11. The number of carbonyl (C=O) groups excluding carboxylic acids is 1. The lowest BCUT2D eigenvalue weighted by Crippen LogP contribution is -2.18. The highest BCUT2D eigenvalue weighted by atomic mass is 32.2. The summed E-state index contributed by atoms with van der Waals surface area (Å²) in [6, 6.07) is 13.1. The molecule has 0 aliphatic rings. The molecule has 1 unspecified atom stereocenters. The zero-order valence-electron chi connectivity index (χ0n) is 10.9. The van der Waals surface area contributed by atoms with Gasteiger partial charge in [-0.2, -0.15) is 0 Å². The highest BCUT2D eigenvalue weighted by Gasteiger charge is 2.18. The van der Waals surface area contributed by atoms with Crippen LogP contribution < -0.4 is 0 Å². The minimum absolute atomic E-state index is 0.148. The van der Waals surface area contributed by atoms with Crippen molar-refractivity contribution in [3.05, 3.63) is 60.1 Å². The van der Waals surface area contributed by atoms with Crippen molar-refractivity contribution in [1.82, 2.24) is 0 Å². The molecule has 2 aromatic rings. The molecule has 2 rings (SSSR count). The van der Waals surface area contributed by atoms with Crippen molar-refractivity contribution in [3.8, 4) is 0 Å². The maximum absolute atomic E-state index is 11.9. The fourth-order valence-electron chi connectivity index (χ4n) is 1.51. The van der Waals surface area contributed by atoms with E-state index in [1.54, 1.807) is 25.3 Å². The largest absolute Gasteiger partial charge is 0.466 e. The van der Waals surface area contributed by atoms with Crippen LogP contribution in [0.5, 0.6) is 0 Å². The van der Waals surface area contributed by atoms with Crippen LogP contribution in [0.25, 0.3) is 0 Å². The van der Waals surface area contributed by atoms with E-state index in [2.05, 4.69) is 0 Å². The third-order valence-electron chi connectivity index (χ3n) is 2.56. The number of hydrogen-bond donors (Lipinski definition) is 0. The van der Waals surface area contributed by atoms with Crippen molar-refractivity contribution in [1.29, 1.82) is 0 Å². The number of hydrogen-bond acceptors (Lipinski definition) is 5. The molecule has 1 heterocycles. The molecule has 1 aromatic carbocycles. The van der Waals surface area contributed by atoms with E-state index in [1.165, 1.54) is 11.8 Å². The third kappa shape index (κ3) is 4.21. The normalized spacial score (nSPS) is 11.8. The summed E-state index contributed by atoms with van der Waals surface area (Å²) < 4.78 is 11.0. The molecule has 5 heteroatoms. The summed E-state index contributed by atoms with van der Waals surface area (Å²) in [6.45, 7) is 1.93. The van der Waals surface area contributed by atoms with E-state index in [-0.39, 0.29) is 17.8 Å². The standard InChI is InChI=1S/C15H14O3S2/c1-11(14(16)18-10-13-8-5-9-17-13)20-15(19)12-6-3-2-4-7-12/h2-9,11H,10H2,1H3. The van der Waals surface area contributed by atoms with E-state index >= 15 is 0 Å². The SMILES string of the molecule is CC(SC(=S)c1ccccc1)C(=O)OCc1ccco1. The molecule has 3 nitrogen and oxygen atoms in total. The van der Waals surface area contributed by atoms with E-state index in [0.717, 1.165) is 5.56 Å². The van der Waals surface area contributed by atoms with Crippen LogP contribution in [0.15, 0.2) is 53.1 Å². The molecule has 20 heavy (non-hydrogen) atoms. The number of rotatable bonds is 5. The maximum Gasteiger partial charge on any atom is 0.319 e. The molecule has 1 atom stereocenters. The molecule has 0 aliphatic carbocycles. The molecule has 0 fully saturated rings. The zero-order chi connectivity index (χ0) is 14.4. The predicted octanol–water partition coefficient (Wildman–Crippen LogP) is 3.82. The molecule has 0 radical (unpaired) electrons. The summed E-state index contributed by atoms with van der Waals surface area (Å²) in [5.74, 6) is 0.325. The van der Waals surface area contributed by atoms with E-state index in [1.807, 2.05) is 30.3 Å². The van der Waals surface area contributed by atoms with Gasteiger partial charge in [-0.25, -0.2) is 0 Å². The highest BCUT2D eigenvalue weighted by Crippen LogP contribution is 2.20. The van der Waals surface area contributed by atoms with E-state index in [4.69, 9.17) is 21.4 Å². The molecule has 1 aromatic heterocycles. The summed E-state index contributed by atoms with van der Waals surface area (Å²) >= 11 is 6.64. The topological polar surface area (TPSA) is 39.4 Å². The highest BCUT2D eigenvalue weighted by molar-refractivity contribution is 8.24. The first-order chi connectivity index (χ1) is 9.66. The number of furan rings is 1. The van der Waals surface area contributed by atoms with Crippen molar-refractivity contribution in [2.45, 2.75) is 18.8 Å². The average Bonchev–Trinajstić information content (AvgIpc) is 2.98. The Bertz CT molecular complexity index is 564. The van der Waals surface area contributed by atoms with Crippen LogP contribution in [0.3, 0.4) is 0 Å². The smallest absolute Gasteiger partial charge is 0.319 e. The van der Waals surface area contributed by atoms with Crippen LogP contribution in [-0.4, -0.2) is 15.4 Å². The average molecular weight is 306 g/mol. The number of thioether (sulfide) groups is 1. The molecule has 0 saturated heterocycles. The van der Waals surface area contributed by atoms with Crippen LogP contribution in [-0.2, 0) is 16.1 Å². The van der Waals surface area contributed by atoms with Crippen LogP contribution in [0.4, 0.5) is 0 Å². The van der Waals surface area contributed by atoms with Crippen LogP contribution in [0.1, 0.15) is 18.2 Å². The van der Waals surface area contributed by atoms with E-state index < -0.39 is 0 Å². The van der Waals surface area contributed by atoms with Gasteiger partial charge in [0.15, 0.2) is 0 Å². The molecule has 0 amide bonds. The Labute approximate surface area is 127 Å². The lowest BCUT2D eigenvalue weighted by molar-refractivity contribution is -0.144. The summed E-state index contributed by atoms with van der Waals surface area (Å²) in [6.07, 6.45) is 1.55. The first-order valence-corrected chi connectivity index (χ1v) is 7.40. The van der Waals surface area contributed by atoms with Gasteiger partial charge in [0.05, 0.1) is 10.5 Å². The second-order valence-electron chi connectivity index (χ2n) is 4.10. The maximum atomic E-state index is 11.9. The first-order valence-electron chi connectivity index (χ1n) is 6.12. The van der Waals surface area contributed by atoms with Crippen LogP contribution >= 0.6 is 24.0 Å². The fraction of sp³-hybridized carbons (Fsp3) is 0.200. The monoisotopic (exact) mass is 306 g/mol. The summed E-state index contributed by atoms with van der Waals surface area (Å²) in [5, 5.41) is -0.349. The Morgan fingerprint density at radius 2 is 2.05 bits per heavy atom. The number of thiocarbonyl (C=S) groups is 1. The van der Waals surface area contributed by atoms with Crippen LogP contribution in [0.2, 0.25) is 0 Å². The van der Waals surface area contributed by atoms with Crippen molar-refractivity contribution in [2.24, 2.45) is 0 Å². The molecule has 0 spiro atoms. The number of benzene rings is 1. The van der Waals surface area contributed by atoms with Crippen molar-refractivity contribution in [3.63, 3.8) is 0 Å². The predicted molar refractivity (Wildman–Crippen MR) is 83.7 cm³/mol. The van der Waals surface area contributed by atoms with Gasteiger partial charge in [0.1, 0.15) is 17.6 Å². The van der Waals surface area contributed by atoms with Gasteiger partial charge in [0.2, 0.25) is 0 Å². The van der Waals surface area contributed by atoms with Gasteiger partial charge in [0, 0.05) is 0 Å². The van der Waals surface area contributed by atoms with Gasteiger partial charge in [-0.1, -0.05) is 54.3 Å². The molecule has 104 valence electrons. The zero-order valence-corrected chi connectivity index (χ0v) is 12.6. The van der Waals surface area contributed by atoms with Crippen molar-refractivity contribution in [2.75, 3.05) is 0 Å². The number of esters is 1. The number of ether oxygens (including phenoxy) is 1. The Balaban J connectivity index is 1.83. The minimum Gasteiger partial charge on any atom is -0.466 e. The van der Waals surface area contributed by atoms with Crippen LogP contribution in [0, 0.1) is 0 Å². The third-order valence-corrected chi connectivity index (χ3v) is 4.08. The van der Waals surface area contributed by atoms with Gasteiger partial charge in [-0.15, -0.1) is 0 Å². The summed E-state index contributed by atoms with van der Waals surface area (Å²) in [5.41, 5.74) is 0.943. The van der Waals surface area contributed by atoms with Gasteiger partial charge >= 0.3 is 5.97 Å². The van der Waals surface area contributed by atoms with Gasteiger partial charge in [-0.3, -0.25) is 4.79 Å². The van der Waals surface area contributed by atoms with E-state index in [9.17, 15) is 4.79 Å². The lowest BCUT2D eigenvalue weighted by atomic mass is 10.2.